The normalized spacial score (nSPS) is 13.6. The summed E-state index contributed by atoms with van der Waals surface area (Å²) in [7, 11) is 0. The second-order valence-corrected chi connectivity index (χ2v) is 7.59. The van der Waals surface area contributed by atoms with Crippen LogP contribution in [0.25, 0.3) is 0 Å². The van der Waals surface area contributed by atoms with Crippen LogP contribution in [0.2, 0.25) is 0 Å². The molecule has 0 aliphatic carbocycles. The van der Waals surface area contributed by atoms with Gasteiger partial charge in [-0.2, -0.15) is 13.2 Å². The van der Waals surface area contributed by atoms with Crippen LogP contribution in [0.1, 0.15) is 48.9 Å². The summed E-state index contributed by atoms with van der Waals surface area (Å²) < 4.78 is 38.5. The van der Waals surface area contributed by atoms with Gasteiger partial charge >= 0.3 is 6.18 Å². The first-order valence-corrected chi connectivity index (χ1v) is 8.70. The second kappa shape index (κ2) is 7.99. The number of nitrogens with one attached hydrogen (secondary N) is 1. The van der Waals surface area contributed by atoms with Gasteiger partial charge in [0.1, 0.15) is 0 Å². The van der Waals surface area contributed by atoms with E-state index in [1.807, 2.05) is 52.0 Å². The van der Waals surface area contributed by atoms with Crippen molar-refractivity contribution in [2.24, 2.45) is 5.41 Å². The Kier molecular flexibility index (Phi) is 6.14. The molecule has 1 unspecified atom stereocenters. The van der Waals surface area contributed by atoms with E-state index >= 15 is 0 Å². The molecule has 0 radical (unpaired) electrons. The van der Waals surface area contributed by atoms with E-state index in [1.165, 1.54) is 12.1 Å². The lowest BCUT2D eigenvalue weighted by atomic mass is 9.90. The van der Waals surface area contributed by atoms with Crippen LogP contribution in [0.15, 0.2) is 60.8 Å². The third-order valence-corrected chi connectivity index (χ3v) is 4.22. The van der Waals surface area contributed by atoms with Crippen LogP contribution in [0, 0.1) is 12.3 Å². The summed E-state index contributed by atoms with van der Waals surface area (Å²) in [5.41, 5.74) is 1.53. The summed E-state index contributed by atoms with van der Waals surface area (Å²) >= 11 is 0. The number of alkyl halides is 3. The number of hydrogen-bond donors (Lipinski definition) is 1. The van der Waals surface area contributed by atoms with Gasteiger partial charge in [0.2, 0.25) is 5.91 Å². The van der Waals surface area contributed by atoms with Gasteiger partial charge in [-0.1, -0.05) is 68.8 Å². The van der Waals surface area contributed by atoms with Gasteiger partial charge in [-0.3, -0.25) is 4.79 Å². The number of amides is 1. The number of aryl methyl sites for hydroxylation is 1. The maximum Gasteiger partial charge on any atom is 0.416 e. The quantitative estimate of drug-likeness (QED) is 0.717. The Balaban J connectivity index is 2.33. The molecule has 5 heteroatoms. The number of rotatable bonds is 4. The number of carbonyl (C=O) groups excluding carboxylic acids is 1. The van der Waals surface area contributed by atoms with Crippen molar-refractivity contribution in [1.82, 2.24) is 5.32 Å². The summed E-state index contributed by atoms with van der Waals surface area (Å²) in [6, 6.07) is 12.9. The molecule has 0 saturated heterocycles. The summed E-state index contributed by atoms with van der Waals surface area (Å²) in [4.78, 5) is 12.0. The molecule has 2 aromatic rings. The van der Waals surface area contributed by atoms with Crippen LogP contribution in [0.4, 0.5) is 13.2 Å². The van der Waals surface area contributed by atoms with E-state index < -0.39 is 17.2 Å². The minimum atomic E-state index is -4.37. The summed E-state index contributed by atoms with van der Waals surface area (Å²) in [6.07, 6.45) is -1.01. The van der Waals surface area contributed by atoms with Crippen LogP contribution < -0.4 is 5.32 Å². The van der Waals surface area contributed by atoms with E-state index in [4.69, 9.17) is 0 Å². The van der Waals surface area contributed by atoms with Crippen LogP contribution >= 0.6 is 0 Å². The minimum absolute atomic E-state index is 0.131. The highest BCUT2D eigenvalue weighted by atomic mass is 19.4. The molecule has 0 fully saturated rings. The highest BCUT2D eigenvalue weighted by Gasteiger charge is 2.30. The molecule has 0 aliphatic heterocycles. The zero-order chi connectivity index (χ0) is 20.2. The van der Waals surface area contributed by atoms with E-state index in [9.17, 15) is 18.0 Å². The Labute approximate surface area is 158 Å². The molecule has 2 rings (SSSR count). The Bertz CT molecular complexity index is 797. The standard InChI is InChI=1S/C22H24F3NO/c1-15-5-7-16(8-6-15)19(13-14-26-20(27)21(2,3)4)17-9-11-18(12-10-17)22(23,24)25/h5-14,19H,1-4H3,(H,26,27)/b14-13+. The molecule has 0 spiro atoms. The Morgan fingerprint density at radius 3 is 1.85 bits per heavy atom. The van der Waals surface area contributed by atoms with Crippen molar-refractivity contribution in [3.05, 3.63) is 83.1 Å². The molecule has 0 bridgehead atoms. The molecular formula is C22H24F3NO. The Hall–Kier alpha value is -2.56. The number of allylic oxidation sites excluding steroid dienone is 1. The van der Waals surface area contributed by atoms with E-state index in [0.717, 1.165) is 23.3 Å². The molecule has 27 heavy (non-hydrogen) atoms. The molecule has 0 aliphatic rings. The molecule has 0 heterocycles. The van der Waals surface area contributed by atoms with Gasteiger partial charge in [0, 0.05) is 17.5 Å². The van der Waals surface area contributed by atoms with E-state index in [1.54, 1.807) is 12.3 Å². The first kappa shape index (κ1) is 20.7. The molecule has 0 saturated carbocycles. The topological polar surface area (TPSA) is 29.1 Å². The van der Waals surface area contributed by atoms with Gasteiger partial charge in [-0.05, 0) is 30.2 Å². The lowest BCUT2D eigenvalue weighted by molar-refractivity contribution is -0.137. The van der Waals surface area contributed by atoms with Gasteiger partial charge in [0.15, 0.2) is 0 Å². The van der Waals surface area contributed by atoms with E-state index in [0.29, 0.717) is 5.56 Å². The van der Waals surface area contributed by atoms with Crippen molar-refractivity contribution in [1.29, 1.82) is 0 Å². The van der Waals surface area contributed by atoms with Gasteiger partial charge < -0.3 is 5.32 Å². The average Bonchev–Trinajstić information content (AvgIpc) is 2.58. The monoisotopic (exact) mass is 375 g/mol. The Morgan fingerprint density at radius 1 is 0.926 bits per heavy atom. The molecule has 0 aromatic heterocycles. The molecular weight excluding hydrogens is 351 g/mol. The predicted molar refractivity (Wildman–Crippen MR) is 101 cm³/mol. The van der Waals surface area contributed by atoms with Gasteiger partial charge in [0.05, 0.1) is 5.56 Å². The van der Waals surface area contributed by atoms with Crippen molar-refractivity contribution >= 4 is 5.91 Å². The molecule has 2 aromatic carbocycles. The van der Waals surface area contributed by atoms with E-state index in [2.05, 4.69) is 5.32 Å². The van der Waals surface area contributed by atoms with Gasteiger partial charge in [0.25, 0.3) is 0 Å². The van der Waals surface area contributed by atoms with Gasteiger partial charge in [-0.15, -0.1) is 0 Å². The van der Waals surface area contributed by atoms with Crippen LogP contribution in [0.5, 0.6) is 0 Å². The number of benzene rings is 2. The molecule has 1 atom stereocenters. The van der Waals surface area contributed by atoms with Crippen molar-refractivity contribution in [2.75, 3.05) is 0 Å². The summed E-state index contributed by atoms with van der Waals surface area (Å²) in [5.74, 6) is -0.401. The summed E-state index contributed by atoms with van der Waals surface area (Å²) in [5, 5.41) is 2.74. The fourth-order valence-electron chi connectivity index (χ4n) is 2.50. The van der Waals surface area contributed by atoms with Crippen molar-refractivity contribution in [2.45, 2.75) is 39.8 Å². The highest BCUT2D eigenvalue weighted by molar-refractivity contribution is 5.82. The van der Waals surface area contributed by atoms with Crippen molar-refractivity contribution in [3.8, 4) is 0 Å². The third kappa shape index (κ3) is 5.71. The minimum Gasteiger partial charge on any atom is -0.333 e. The SMILES string of the molecule is Cc1ccc(C(/C=C/NC(=O)C(C)(C)C)c2ccc(C(F)(F)F)cc2)cc1. The first-order valence-electron chi connectivity index (χ1n) is 8.70. The van der Waals surface area contributed by atoms with Crippen molar-refractivity contribution in [3.63, 3.8) is 0 Å². The molecule has 1 amide bonds. The molecule has 1 N–H and O–H groups in total. The highest BCUT2D eigenvalue weighted by Crippen LogP contribution is 2.32. The maximum atomic E-state index is 12.8. The van der Waals surface area contributed by atoms with Gasteiger partial charge in [-0.25, -0.2) is 0 Å². The second-order valence-electron chi connectivity index (χ2n) is 7.59. The molecule has 144 valence electrons. The van der Waals surface area contributed by atoms with Crippen molar-refractivity contribution < 1.29 is 18.0 Å². The summed E-state index contributed by atoms with van der Waals surface area (Å²) in [6.45, 7) is 7.40. The smallest absolute Gasteiger partial charge is 0.333 e. The lowest BCUT2D eigenvalue weighted by Gasteiger charge is -2.18. The number of hydrogen-bond acceptors (Lipinski definition) is 1. The lowest BCUT2D eigenvalue weighted by Crippen LogP contribution is -2.31. The average molecular weight is 375 g/mol. The predicted octanol–water partition coefficient (Wildman–Crippen LogP) is 5.82. The van der Waals surface area contributed by atoms with Crippen LogP contribution in [0.3, 0.4) is 0 Å². The number of halogens is 3. The largest absolute Gasteiger partial charge is 0.416 e. The Morgan fingerprint density at radius 2 is 1.41 bits per heavy atom. The number of carbonyl (C=O) groups is 1. The van der Waals surface area contributed by atoms with Crippen LogP contribution in [-0.2, 0) is 11.0 Å². The zero-order valence-corrected chi connectivity index (χ0v) is 15.9. The van der Waals surface area contributed by atoms with Crippen LogP contribution in [-0.4, -0.2) is 5.91 Å². The van der Waals surface area contributed by atoms with E-state index in [-0.39, 0.29) is 11.8 Å². The fourth-order valence-corrected chi connectivity index (χ4v) is 2.50. The fraction of sp³-hybridized carbons (Fsp3) is 0.318. The maximum absolute atomic E-state index is 12.8. The molecule has 2 nitrogen and oxygen atoms in total. The zero-order valence-electron chi connectivity index (χ0n) is 15.9. The first-order chi connectivity index (χ1) is 12.5. The third-order valence-electron chi connectivity index (χ3n) is 4.22.